The Morgan fingerprint density at radius 3 is 1.27 bits per heavy atom. The van der Waals surface area contributed by atoms with Gasteiger partial charge in [0, 0.05) is 34.1 Å². The Kier molecular flexibility index (Phi) is 5.53. The van der Waals surface area contributed by atoms with E-state index in [2.05, 4.69) is 160 Å². The highest BCUT2D eigenvalue weighted by atomic mass is 16.3. The number of nitrogens with zero attached hydrogens (tertiary/aromatic N) is 3. The molecule has 4 heterocycles. The van der Waals surface area contributed by atoms with E-state index < -0.39 is 0 Å². The minimum atomic E-state index is -0.189. The van der Waals surface area contributed by atoms with Crippen LogP contribution in [0.4, 0.5) is 51.2 Å². The lowest BCUT2D eigenvalue weighted by molar-refractivity contribution is 0.588. The zero-order valence-electron chi connectivity index (χ0n) is 23.7. The van der Waals surface area contributed by atoms with Gasteiger partial charge in [0.15, 0.2) is 0 Å². The number of anilines is 9. The van der Waals surface area contributed by atoms with Crippen LogP contribution in [0.25, 0.3) is 0 Å². The first-order valence-corrected chi connectivity index (χ1v) is 14.8. The van der Waals surface area contributed by atoms with Gasteiger partial charge < -0.3 is 23.5 Å². The molecule has 7 aromatic rings. The average molecular weight is 567 g/mol. The summed E-state index contributed by atoms with van der Waals surface area (Å²) in [6.07, 6.45) is 3.58. The Morgan fingerprint density at radius 2 is 0.841 bits per heavy atom. The van der Waals surface area contributed by atoms with Crippen LogP contribution < -0.4 is 31.5 Å². The topological polar surface area (TPSA) is 36.0 Å². The Labute approximate surface area is 255 Å². The molecular weight excluding hydrogens is 541 g/mol. The molecule has 6 heteroatoms. The highest BCUT2D eigenvalue weighted by Gasteiger charge is 2.48. The number of hydrogen-bond acceptors (Lipinski definition) is 5. The van der Waals surface area contributed by atoms with Gasteiger partial charge in [-0.2, -0.15) is 0 Å². The van der Waals surface area contributed by atoms with E-state index in [-0.39, 0.29) is 6.71 Å². The van der Waals surface area contributed by atoms with Gasteiger partial charge >= 0.3 is 6.71 Å². The first kappa shape index (κ1) is 24.7. The van der Waals surface area contributed by atoms with E-state index in [0.29, 0.717) is 0 Å². The van der Waals surface area contributed by atoms with Gasteiger partial charge in [-0.15, -0.1) is 0 Å². The van der Waals surface area contributed by atoms with E-state index in [4.69, 9.17) is 8.83 Å². The summed E-state index contributed by atoms with van der Waals surface area (Å²) < 4.78 is 12.6. The zero-order valence-corrected chi connectivity index (χ0v) is 23.7. The van der Waals surface area contributed by atoms with Crippen molar-refractivity contribution in [2.75, 3.05) is 14.7 Å². The van der Waals surface area contributed by atoms with Gasteiger partial charge in [0.25, 0.3) is 0 Å². The average Bonchev–Trinajstić information content (AvgIpc) is 3.77. The van der Waals surface area contributed by atoms with Crippen molar-refractivity contribution in [3.05, 3.63) is 158 Å². The van der Waals surface area contributed by atoms with Crippen molar-refractivity contribution in [2.45, 2.75) is 0 Å². The summed E-state index contributed by atoms with van der Waals surface area (Å²) in [5.41, 5.74) is 12.4. The molecule has 0 unspecified atom stereocenters. The van der Waals surface area contributed by atoms with Crippen molar-refractivity contribution in [1.82, 2.24) is 0 Å². The summed E-state index contributed by atoms with van der Waals surface area (Å²) in [6.45, 7) is -0.189. The Bertz CT molecular complexity index is 1950. The van der Waals surface area contributed by atoms with Crippen LogP contribution in [-0.4, -0.2) is 6.71 Å². The molecule has 2 aliphatic rings. The molecule has 0 saturated carbocycles. The monoisotopic (exact) mass is 567 g/mol. The molecule has 5 aromatic carbocycles. The lowest BCUT2D eigenvalue weighted by Crippen LogP contribution is -2.60. The number of fused-ring (bicyclic) bond motifs is 4. The van der Waals surface area contributed by atoms with Gasteiger partial charge in [0.05, 0.1) is 29.6 Å². The third-order valence-electron chi connectivity index (χ3n) is 8.56. The van der Waals surface area contributed by atoms with Crippen LogP contribution in [0, 0.1) is 0 Å². The number of hydrogen-bond donors (Lipinski definition) is 0. The molecule has 2 aromatic heterocycles. The van der Waals surface area contributed by atoms with Gasteiger partial charge in [-0.3, -0.25) is 0 Å². The fourth-order valence-corrected chi connectivity index (χ4v) is 6.79. The molecule has 0 spiro atoms. The second-order valence-corrected chi connectivity index (χ2v) is 11.0. The molecular formula is C38H26BN3O2. The molecule has 0 saturated heterocycles. The molecule has 208 valence electrons. The Morgan fingerprint density at radius 1 is 0.432 bits per heavy atom. The highest BCUT2D eigenvalue weighted by Crippen LogP contribution is 2.47. The summed E-state index contributed by atoms with van der Waals surface area (Å²) in [7, 11) is 0. The van der Waals surface area contributed by atoms with Crippen molar-refractivity contribution in [3.8, 4) is 0 Å². The SMILES string of the molecule is c1ccc(N(c2ccccc2)c2cc3c4c(c2)N(c2ccccc2)c2ccoc2B4c2occc2N3c2ccccc2)cc1. The van der Waals surface area contributed by atoms with Crippen LogP contribution in [0.15, 0.2) is 167 Å². The van der Waals surface area contributed by atoms with Crippen LogP contribution in [-0.2, 0) is 0 Å². The summed E-state index contributed by atoms with van der Waals surface area (Å²) in [5.74, 6) is 0. The van der Waals surface area contributed by atoms with Crippen molar-refractivity contribution < 1.29 is 8.83 Å². The van der Waals surface area contributed by atoms with E-state index in [1.807, 2.05) is 0 Å². The minimum absolute atomic E-state index is 0.189. The van der Waals surface area contributed by atoms with Crippen molar-refractivity contribution >= 4 is 74.7 Å². The first-order chi connectivity index (χ1) is 21.9. The van der Waals surface area contributed by atoms with Gasteiger partial charge in [-0.05, 0) is 78.3 Å². The minimum Gasteiger partial charge on any atom is -0.476 e. The van der Waals surface area contributed by atoms with Crippen molar-refractivity contribution in [3.63, 3.8) is 0 Å². The van der Waals surface area contributed by atoms with Gasteiger partial charge in [0.2, 0.25) is 0 Å². The summed E-state index contributed by atoms with van der Waals surface area (Å²) in [6, 6.07) is 50.9. The molecule has 0 radical (unpaired) electrons. The molecule has 44 heavy (non-hydrogen) atoms. The maximum atomic E-state index is 6.31. The highest BCUT2D eigenvalue weighted by molar-refractivity contribution is 6.98. The lowest BCUT2D eigenvalue weighted by atomic mass is 9.38. The normalized spacial score (nSPS) is 12.9. The van der Waals surface area contributed by atoms with E-state index in [1.54, 1.807) is 12.5 Å². The van der Waals surface area contributed by atoms with Crippen LogP contribution in [0.1, 0.15) is 0 Å². The zero-order chi connectivity index (χ0) is 29.0. The molecule has 0 bridgehead atoms. The Balaban J connectivity index is 1.39. The van der Waals surface area contributed by atoms with Gasteiger partial charge in [-0.1, -0.05) is 72.8 Å². The third kappa shape index (κ3) is 3.68. The Hall–Kier alpha value is -5.88. The van der Waals surface area contributed by atoms with E-state index >= 15 is 0 Å². The predicted molar refractivity (Wildman–Crippen MR) is 180 cm³/mol. The van der Waals surface area contributed by atoms with Crippen LogP contribution >= 0.6 is 0 Å². The third-order valence-corrected chi connectivity index (χ3v) is 8.56. The van der Waals surface area contributed by atoms with Crippen molar-refractivity contribution in [1.29, 1.82) is 0 Å². The summed E-state index contributed by atoms with van der Waals surface area (Å²) in [4.78, 5) is 6.97. The van der Waals surface area contributed by atoms with E-state index in [9.17, 15) is 0 Å². The molecule has 5 nitrogen and oxygen atoms in total. The van der Waals surface area contributed by atoms with Crippen LogP contribution in [0.3, 0.4) is 0 Å². The summed E-state index contributed by atoms with van der Waals surface area (Å²) in [5, 5.41) is 0. The standard InChI is InChI=1S/C38H26BN3O2/c1-5-13-27(14-6-1)40(28-15-7-2-8-16-28)31-25-34-36-35(26-31)42(30-19-11-4-12-20-30)33-22-24-44-38(33)39(36)37-32(21-23-43-37)41(34)29-17-9-3-10-18-29/h1-26H. The maximum Gasteiger partial charge on any atom is 0.342 e. The molecule has 0 N–H and O–H groups in total. The quantitative estimate of drug-likeness (QED) is 0.195. The second kappa shape index (κ2) is 9.85. The van der Waals surface area contributed by atoms with E-state index in [0.717, 1.165) is 68.0 Å². The number of para-hydroxylation sites is 4. The van der Waals surface area contributed by atoms with Crippen LogP contribution in [0.5, 0.6) is 0 Å². The summed E-state index contributed by atoms with van der Waals surface area (Å²) >= 11 is 0. The van der Waals surface area contributed by atoms with E-state index in [1.165, 1.54) is 0 Å². The smallest absolute Gasteiger partial charge is 0.342 e. The molecule has 0 aliphatic carbocycles. The van der Waals surface area contributed by atoms with Crippen molar-refractivity contribution in [2.24, 2.45) is 0 Å². The largest absolute Gasteiger partial charge is 0.476 e. The molecule has 9 rings (SSSR count). The lowest BCUT2D eigenvalue weighted by Gasteiger charge is -2.41. The molecule has 2 aliphatic heterocycles. The fraction of sp³-hybridized carbons (Fsp3) is 0. The predicted octanol–water partition coefficient (Wildman–Crippen LogP) is 8.43. The molecule has 0 fully saturated rings. The van der Waals surface area contributed by atoms with Crippen LogP contribution in [0.2, 0.25) is 0 Å². The van der Waals surface area contributed by atoms with Gasteiger partial charge in [0.1, 0.15) is 11.3 Å². The molecule has 0 amide bonds. The molecule has 0 atom stereocenters. The maximum absolute atomic E-state index is 6.31. The fourth-order valence-electron chi connectivity index (χ4n) is 6.79. The van der Waals surface area contributed by atoms with Gasteiger partial charge in [-0.25, -0.2) is 0 Å². The number of rotatable bonds is 5. The number of furan rings is 2. The first-order valence-electron chi connectivity index (χ1n) is 14.8. The number of benzene rings is 5. The second-order valence-electron chi connectivity index (χ2n) is 11.0.